The number of nitrogens with zero attached hydrogens (tertiary/aromatic N) is 4. The van der Waals surface area contributed by atoms with Crippen LogP contribution < -0.4 is 0 Å². The van der Waals surface area contributed by atoms with E-state index in [1.54, 1.807) is 18.7 Å². The molecule has 0 aromatic carbocycles. The van der Waals surface area contributed by atoms with Gasteiger partial charge in [-0.05, 0) is 38.2 Å². The van der Waals surface area contributed by atoms with Crippen molar-refractivity contribution in [3.05, 3.63) is 49.1 Å². The van der Waals surface area contributed by atoms with Gasteiger partial charge in [0.25, 0.3) is 0 Å². The largest absolute Gasteiger partial charge is 0.459 e. The van der Waals surface area contributed by atoms with Crippen molar-refractivity contribution < 1.29 is 23.8 Å². The van der Waals surface area contributed by atoms with E-state index in [0.29, 0.717) is 6.54 Å². The zero-order chi connectivity index (χ0) is 21.4. The van der Waals surface area contributed by atoms with Crippen LogP contribution in [0.2, 0.25) is 0 Å². The number of ether oxygens (including phenoxy) is 3. The number of fused-ring (bicyclic) bond motifs is 3. The molecule has 5 atom stereocenters. The summed E-state index contributed by atoms with van der Waals surface area (Å²) in [5.41, 5.74) is 0.773. The number of hydrogen-bond donors (Lipinski definition) is 0. The number of esters is 1. The van der Waals surface area contributed by atoms with Crippen LogP contribution in [0.4, 0.5) is 4.79 Å². The molecule has 9 heteroatoms. The topological polar surface area (TPSA) is 101 Å². The maximum absolute atomic E-state index is 12.8. The Labute approximate surface area is 180 Å². The van der Waals surface area contributed by atoms with Crippen molar-refractivity contribution >= 4 is 12.1 Å². The molecule has 164 valence electrons. The molecule has 0 N–H and O–H groups in total. The summed E-state index contributed by atoms with van der Waals surface area (Å²) in [5, 5.41) is 0. The Morgan fingerprint density at radius 1 is 1.29 bits per heavy atom. The molecule has 5 rings (SSSR count). The Bertz CT molecular complexity index is 970. The molecule has 1 aliphatic carbocycles. The number of imidazole rings is 2. The molecule has 0 spiro atoms. The van der Waals surface area contributed by atoms with Crippen LogP contribution in [0, 0.1) is 11.8 Å². The predicted octanol–water partition coefficient (Wildman–Crippen LogP) is 2.58. The lowest BCUT2D eigenvalue weighted by molar-refractivity contribution is -0.145. The molecule has 2 fully saturated rings. The lowest BCUT2D eigenvalue weighted by Gasteiger charge is -2.23. The van der Waals surface area contributed by atoms with E-state index in [2.05, 4.69) is 23.0 Å². The first-order valence-electron chi connectivity index (χ1n) is 10.7. The Kier molecular flexibility index (Phi) is 5.13. The first-order chi connectivity index (χ1) is 15.0. The van der Waals surface area contributed by atoms with E-state index in [1.807, 2.05) is 10.8 Å². The van der Waals surface area contributed by atoms with Gasteiger partial charge in [-0.15, -0.1) is 0 Å². The first kappa shape index (κ1) is 20.0. The van der Waals surface area contributed by atoms with Crippen LogP contribution in [0.15, 0.2) is 49.1 Å². The molecule has 2 aromatic rings. The van der Waals surface area contributed by atoms with E-state index in [0.717, 1.165) is 31.3 Å². The van der Waals surface area contributed by atoms with Crippen molar-refractivity contribution in [2.45, 2.75) is 57.0 Å². The van der Waals surface area contributed by atoms with Crippen molar-refractivity contribution in [2.24, 2.45) is 11.8 Å². The third kappa shape index (κ3) is 4.01. The summed E-state index contributed by atoms with van der Waals surface area (Å²) < 4.78 is 20.6. The van der Waals surface area contributed by atoms with Crippen molar-refractivity contribution in [3.8, 4) is 0 Å². The Balaban J connectivity index is 1.31. The summed E-state index contributed by atoms with van der Waals surface area (Å²) in [7, 11) is 0. The Morgan fingerprint density at radius 2 is 2.13 bits per heavy atom. The number of epoxide rings is 1. The molecule has 31 heavy (non-hydrogen) atoms. The van der Waals surface area contributed by atoms with Gasteiger partial charge in [0.05, 0.1) is 17.8 Å². The normalized spacial score (nSPS) is 34.1. The van der Waals surface area contributed by atoms with E-state index in [4.69, 9.17) is 14.2 Å². The minimum absolute atomic E-state index is 0.0348. The number of allylic oxidation sites excluding steroid dienone is 1. The number of hydrogen-bond acceptors (Lipinski definition) is 7. The average Bonchev–Trinajstić information content (AvgIpc) is 3.24. The van der Waals surface area contributed by atoms with Crippen molar-refractivity contribution in [3.63, 3.8) is 0 Å². The van der Waals surface area contributed by atoms with E-state index in [1.165, 1.54) is 17.1 Å². The van der Waals surface area contributed by atoms with Gasteiger partial charge in [-0.25, -0.2) is 19.3 Å². The summed E-state index contributed by atoms with van der Waals surface area (Å²) in [6.07, 6.45) is 14.4. The van der Waals surface area contributed by atoms with E-state index in [-0.39, 0.29) is 42.2 Å². The van der Waals surface area contributed by atoms with Crippen molar-refractivity contribution in [2.75, 3.05) is 6.61 Å². The lowest BCUT2D eigenvalue weighted by atomic mass is 9.80. The van der Waals surface area contributed by atoms with Gasteiger partial charge in [0.2, 0.25) is 0 Å². The Hall–Kier alpha value is -2.94. The molecule has 0 radical (unpaired) electrons. The fourth-order valence-electron chi connectivity index (χ4n) is 4.81. The second-order valence-corrected chi connectivity index (χ2v) is 8.75. The van der Waals surface area contributed by atoms with E-state index in [9.17, 15) is 9.59 Å². The van der Waals surface area contributed by atoms with Crippen LogP contribution >= 0.6 is 0 Å². The minimum Gasteiger partial charge on any atom is -0.459 e. The van der Waals surface area contributed by atoms with Crippen LogP contribution in [0.5, 0.6) is 0 Å². The monoisotopic (exact) mass is 426 g/mol. The van der Waals surface area contributed by atoms with Gasteiger partial charge in [-0.2, -0.15) is 0 Å². The average molecular weight is 426 g/mol. The quantitative estimate of drug-likeness (QED) is 0.421. The highest BCUT2D eigenvalue weighted by atomic mass is 16.6. The van der Waals surface area contributed by atoms with Gasteiger partial charge < -0.3 is 18.8 Å². The number of rotatable bonds is 4. The number of carbonyl (C=O) groups is 2. The van der Waals surface area contributed by atoms with Gasteiger partial charge in [0.1, 0.15) is 25.1 Å². The third-order valence-corrected chi connectivity index (χ3v) is 6.67. The summed E-state index contributed by atoms with van der Waals surface area (Å²) in [6, 6.07) is 0. The van der Waals surface area contributed by atoms with Gasteiger partial charge in [-0.3, -0.25) is 4.79 Å². The van der Waals surface area contributed by atoms with Gasteiger partial charge in [0.15, 0.2) is 0 Å². The highest BCUT2D eigenvalue weighted by Crippen LogP contribution is 2.50. The summed E-state index contributed by atoms with van der Waals surface area (Å²) >= 11 is 0. The fourth-order valence-corrected chi connectivity index (χ4v) is 4.81. The highest BCUT2D eigenvalue weighted by Gasteiger charge is 2.62. The maximum Gasteiger partial charge on any atom is 0.419 e. The maximum atomic E-state index is 12.8. The second-order valence-electron chi connectivity index (χ2n) is 8.75. The molecule has 2 aromatic heterocycles. The molecular formula is C22H26N4O5. The summed E-state index contributed by atoms with van der Waals surface area (Å²) in [5.74, 6) is -0.382. The van der Waals surface area contributed by atoms with Crippen LogP contribution in [0.1, 0.15) is 32.6 Å². The molecule has 0 bridgehead atoms. The van der Waals surface area contributed by atoms with Crippen LogP contribution in [-0.4, -0.2) is 55.6 Å². The molecule has 0 saturated carbocycles. The number of aromatic nitrogens is 4. The molecule has 3 aliphatic rings. The number of carbonyl (C=O) groups excluding carboxylic acids is 2. The molecule has 0 amide bonds. The molecule has 9 nitrogen and oxygen atoms in total. The lowest BCUT2D eigenvalue weighted by Crippen LogP contribution is -2.31. The van der Waals surface area contributed by atoms with Crippen LogP contribution in [0.25, 0.3) is 0 Å². The predicted molar refractivity (Wildman–Crippen MR) is 108 cm³/mol. The van der Waals surface area contributed by atoms with Gasteiger partial charge >= 0.3 is 12.1 Å². The molecule has 4 heterocycles. The third-order valence-electron chi connectivity index (χ3n) is 6.67. The Morgan fingerprint density at radius 3 is 2.90 bits per heavy atom. The van der Waals surface area contributed by atoms with E-state index < -0.39 is 6.09 Å². The molecule has 1 unspecified atom stereocenters. The highest BCUT2D eigenvalue weighted by molar-refractivity contribution is 5.75. The van der Waals surface area contributed by atoms with Crippen LogP contribution in [0.3, 0.4) is 0 Å². The minimum atomic E-state index is -0.455. The standard InChI is InChI=1S/C22H26N4O5/c1-22-6-2-3-15(12-29-21(28)26-10-8-24-14-26)4-5-16-17(11-25-9-7-23-13-25)20(27)30-18(16)19(22)31-22/h3,7-10,13-14,16-19H,2,4-6,11-12H2,1H3/b15-3+/t16-,17?,18-,19-,22+/m0/s1. The second kappa shape index (κ2) is 7.96. The zero-order valence-corrected chi connectivity index (χ0v) is 17.4. The smallest absolute Gasteiger partial charge is 0.419 e. The van der Waals surface area contributed by atoms with Crippen molar-refractivity contribution in [1.29, 1.82) is 0 Å². The zero-order valence-electron chi connectivity index (χ0n) is 17.4. The molecular weight excluding hydrogens is 400 g/mol. The van der Waals surface area contributed by atoms with Gasteiger partial charge in [0, 0.05) is 37.3 Å². The fraction of sp³-hybridized carbons (Fsp3) is 0.545. The SMILES string of the molecule is C[C@@]12CC/C=C(/COC(=O)n3ccnc3)CC[C@H]3C(Cn4ccnc4)C(=O)O[C@@H]3[C@@H]1O2. The van der Waals surface area contributed by atoms with Crippen LogP contribution in [-0.2, 0) is 25.5 Å². The molecule has 2 aliphatic heterocycles. The van der Waals surface area contributed by atoms with E-state index >= 15 is 0 Å². The van der Waals surface area contributed by atoms with Gasteiger partial charge in [-0.1, -0.05) is 6.08 Å². The summed E-state index contributed by atoms with van der Waals surface area (Å²) in [6.45, 7) is 2.84. The molecule has 2 saturated heterocycles. The van der Waals surface area contributed by atoms with Crippen molar-refractivity contribution in [1.82, 2.24) is 19.1 Å². The first-order valence-corrected chi connectivity index (χ1v) is 10.7. The summed E-state index contributed by atoms with van der Waals surface area (Å²) in [4.78, 5) is 32.9.